The third kappa shape index (κ3) is 5.92. The van der Waals surface area contributed by atoms with Crippen molar-refractivity contribution < 1.29 is 27.7 Å². The Kier molecular flexibility index (Phi) is 6.75. The Morgan fingerprint density at radius 2 is 1.86 bits per heavy atom. The maximum atomic E-state index is 12.7. The molecule has 0 bridgehead atoms. The quantitative estimate of drug-likeness (QED) is 0.478. The van der Waals surface area contributed by atoms with Crippen LogP contribution >= 0.6 is 0 Å². The second-order valence-corrected chi connectivity index (χ2v) is 5.87. The number of benzene rings is 2. The van der Waals surface area contributed by atoms with Crippen LogP contribution in [-0.2, 0) is 11.0 Å². The summed E-state index contributed by atoms with van der Waals surface area (Å²) >= 11 is 0. The van der Waals surface area contributed by atoms with Gasteiger partial charge in [0.2, 0.25) is 5.91 Å². The van der Waals surface area contributed by atoms with Crippen LogP contribution in [0.15, 0.2) is 42.5 Å². The summed E-state index contributed by atoms with van der Waals surface area (Å²) in [6.45, 7) is -0.0484. The first-order valence-electron chi connectivity index (χ1n) is 8.33. The zero-order chi connectivity index (χ0) is 21.6. The van der Waals surface area contributed by atoms with Gasteiger partial charge in [0.1, 0.15) is 5.69 Å². The van der Waals surface area contributed by atoms with Crippen molar-refractivity contribution in [1.82, 2.24) is 5.32 Å². The number of carbonyl (C=O) groups is 2. The summed E-state index contributed by atoms with van der Waals surface area (Å²) in [4.78, 5) is 33.7. The Balaban J connectivity index is 1.98. The maximum absolute atomic E-state index is 12.7. The van der Waals surface area contributed by atoms with Crippen molar-refractivity contribution in [3.8, 4) is 0 Å². The molecule has 2 rings (SSSR count). The number of carbonyl (C=O) groups excluding carboxylic acids is 2. The average molecular weight is 410 g/mol. The molecule has 2 amide bonds. The van der Waals surface area contributed by atoms with Gasteiger partial charge in [-0.2, -0.15) is 13.2 Å². The number of amides is 2. The monoisotopic (exact) mass is 410 g/mol. The number of hydrogen-bond acceptors (Lipinski definition) is 5. The average Bonchev–Trinajstić information content (AvgIpc) is 2.66. The fourth-order valence-electron chi connectivity index (χ4n) is 2.43. The van der Waals surface area contributed by atoms with E-state index in [1.54, 1.807) is 18.2 Å². The molecule has 11 heteroatoms. The smallest absolute Gasteiger partial charge is 0.379 e. The minimum Gasteiger partial charge on any atom is -0.379 e. The fraction of sp³-hybridized carbons (Fsp3) is 0.222. The molecule has 0 radical (unpaired) electrons. The highest BCUT2D eigenvalue weighted by molar-refractivity contribution is 5.97. The molecule has 8 nitrogen and oxygen atoms in total. The fourth-order valence-corrected chi connectivity index (χ4v) is 2.43. The Morgan fingerprint density at radius 3 is 2.48 bits per heavy atom. The molecule has 0 atom stereocenters. The van der Waals surface area contributed by atoms with Gasteiger partial charge < -0.3 is 16.0 Å². The molecule has 0 aromatic heterocycles. The molecular formula is C18H17F3N4O4. The second-order valence-electron chi connectivity index (χ2n) is 5.87. The number of hydrogen-bond donors (Lipinski definition) is 3. The van der Waals surface area contributed by atoms with Crippen LogP contribution < -0.4 is 16.0 Å². The van der Waals surface area contributed by atoms with E-state index in [1.807, 2.05) is 0 Å². The molecule has 2 aromatic rings. The lowest BCUT2D eigenvalue weighted by atomic mass is 10.1. The number of anilines is 2. The molecule has 0 saturated heterocycles. The van der Waals surface area contributed by atoms with Crippen LogP contribution in [0.25, 0.3) is 0 Å². The van der Waals surface area contributed by atoms with Crippen molar-refractivity contribution >= 4 is 28.9 Å². The Morgan fingerprint density at radius 1 is 1.14 bits per heavy atom. The lowest BCUT2D eigenvalue weighted by Gasteiger charge is -2.11. The molecule has 29 heavy (non-hydrogen) atoms. The normalized spacial score (nSPS) is 10.9. The van der Waals surface area contributed by atoms with Crippen LogP contribution in [0.4, 0.5) is 30.2 Å². The van der Waals surface area contributed by atoms with Crippen molar-refractivity contribution in [3.63, 3.8) is 0 Å². The number of nitrogens with zero attached hydrogens (tertiary/aromatic N) is 1. The third-order valence-corrected chi connectivity index (χ3v) is 3.82. The summed E-state index contributed by atoms with van der Waals surface area (Å²) < 4.78 is 38.1. The Labute approximate surface area is 163 Å². The van der Waals surface area contributed by atoms with E-state index in [0.29, 0.717) is 17.3 Å². The molecule has 0 heterocycles. The third-order valence-electron chi connectivity index (χ3n) is 3.82. The first-order valence-corrected chi connectivity index (χ1v) is 8.33. The van der Waals surface area contributed by atoms with Crippen LogP contribution in [-0.4, -0.2) is 30.3 Å². The summed E-state index contributed by atoms with van der Waals surface area (Å²) in [6, 6.07) is 8.32. The predicted octanol–water partition coefficient (Wildman–Crippen LogP) is 3.41. The number of halogens is 3. The highest BCUT2D eigenvalue weighted by Gasteiger charge is 2.33. The van der Waals surface area contributed by atoms with E-state index in [-0.39, 0.29) is 24.6 Å². The topological polar surface area (TPSA) is 113 Å². The highest BCUT2D eigenvalue weighted by Crippen LogP contribution is 2.34. The van der Waals surface area contributed by atoms with E-state index in [4.69, 9.17) is 0 Å². The lowest BCUT2D eigenvalue weighted by molar-refractivity contribution is -0.384. The molecule has 0 aliphatic carbocycles. The van der Waals surface area contributed by atoms with Gasteiger partial charge in [-0.05, 0) is 30.3 Å². The molecule has 154 valence electrons. The van der Waals surface area contributed by atoms with Gasteiger partial charge in [0.25, 0.3) is 11.6 Å². The summed E-state index contributed by atoms with van der Waals surface area (Å²) in [5, 5.41) is 18.7. The van der Waals surface area contributed by atoms with Crippen molar-refractivity contribution in [2.24, 2.45) is 0 Å². The van der Waals surface area contributed by atoms with Gasteiger partial charge in [0.05, 0.1) is 10.5 Å². The predicted molar refractivity (Wildman–Crippen MR) is 99.7 cm³/mol. The SMILES string of the molecule is CNC(=O)c1cccc(NC(=O)CCNc2ccc(C(F)(F)F)cc2[N+](=O)[O-])c1. The highest BCUT2D eigenvalue weighted by atomic mass is 19.4. The van der Waals surface area contributed by atoms with Gasteiger partial charge in [-0.25, -0.2) is 0 Å². The number of alkyl halides is 3. The summed E-state index contributed by atoms with van der Waals surface area (Å²) in [5.74, 6) is -0.765. The van der Waals surface area contributed by atoms with Crippen molar-refractivity contribution in [1.29, 1.82) is 0 Å². The van der Waals surface area contributed by atoms with E-state index < -0.39 is 28.3 Å². The zero-order valence-corrected chi connectivity index (χ0v) is 15.2. The van der Waals surface area contributed by atoms with Gasteiger partial charge in [-0.15, -0.1) is 0 Å². The lowest BCUT2D eigenvalue weighted by Crippen LogP contribution is -2.19. The first kappa shape index (κ1) is 21.7. The van der Waals surface area contributed by atoms with Gasteiger partial charge >= 0.3 is 6.18 Å². The van der Waals surface area contributed by atoms with Crippen LogP contribution in [0.5, 0.6) is 0 Å². The van der Waals surface area contributed by atoms with Gasteiger partial charge in [0, 0.05) is 37.3 Å². The molecule has 2 aromatic carbocycles. The molecule has 0 saturated carbocycles. The van der Waals surface area contributed by atoms with Crippen LogP contribution in [0.2, 0.25) is 0 Å². The van der Waals surface area contributed by atoms with Crippen molar-refractivity contribution in [2.75, 3.05) is 24.2 Å². The standard InChI is InChI=1S/C18H17F3N4O4/c1-22-17(27)11-3-2-4-13(9-11)24-16(26)7-8-23-14-6-5-12(18(19,20)21)10-15(14)25(28)29/h2-6,9-10,23H,7-8H2,1H3,(H,22,27)(H,24,26). The van der Waals surface area contributed by atoms with Gasteiger partial charge in [-0.3, -0.25) is 19.7 Å². The van der Waals surface area contributed by atoms with Crippen LogP contribution in [0.1, 0.15) is 22.3 Å². The molecule has 0 spiro atoms. The minimum atomic E-state index is -4.70. The molecule has 0 aliphatic heterocycles. The van der Waals surface area contributed by atoms with Crippen LogP contribution in [0.3, 0.4) is 0 Å². The zero-order valence-electron chi connectivity index (χ0n) is 15.2. The second kappa shape index (κ2) is 9.04. The summed E-state index contributed by atoms with van der Waals surface area (Å²) in [6.07, 6.45) is -4.81. The minimum absolute atomic E-state index is 0.0484. The number of nitro groups is 1. The van der Waals surface area contributed by atoms with E-state index in [1.165, 1.54) is 13.1 Å². The van der Waals surface area contributed by atoms with Crippen molar-refractivity contribution in [2.45, 2.75) is 12.6 Å². The maximum Gasteiger partial charge on any atom is 0.416 e. The van der Waals surface area contributed by atoms with E-state index in [2.05, 4.69) is 16.0 Å². The first-order chi connectivity index (χ1) is 13.6. The molecule has 3 N–H and O–H groups in total. The van der Waals surface area contributed by atoms with E-state index >= 15 is 0 Å². The Hall–Kier alpha value is -3.63. The summed E-state index contributed by atoms with van der Waals surface area (Å²) in [7, 11) is 1.47. The Bertz CT molecular complexity index is 932. The summed E-state index contributed by atoms with van der Waals surface area (Å²) in [5.41, 5.74) is -1.26. The van der Waals surface area contributed by atoms with E-state index in [0.717, 1.165) is 12.1 Å². The molecule has 0 aliphatic rings. The van der Waals surface area contributed by atoms with E-state index in [9.17, 15) is 32.9 Å². The van der Waals surface area contributed by atoms with Crippen molar-refractivity contribution in [3.05, 3.63) is 63.7 Å². The number of nitrogens with one attached hydrogen (secondary N) is 3. The van der Waals surface area contributed by atoms with Crippen LogP contribution in [0, 0.1) is 10.1 Å². The molecular weight excluding hydrogens is 393 g/mol. The number of rotatable bonds is 7. The van der Waals surface area contributed by atoms with Gasteiger partial charge in [-0.1, -0.05) is 6.07 Å². The molecule has 0 unspecified atom stereocenters. The number of nitro benzene ring substituents is 1. The largest absolute Gasteiger partial charge is 0.416 e. The van der Waals surface area contributed by atoms with Gasteiger partial charge in [0.15, 0.2) is 0 Å². The molecule has 0 fully saturated rings.